The van der Waals surface area contributed by atoms with E-state index in [0.717, 1.165) is 44.9 Å². The van der Waals surface area contributed by atoms with E-state index in [0.29, 0.717) is 19.4 Å². The lowest BCUT2D eigenvalue weighted by Gasteiger charge is -2.32. The second kappa shape index (κ2) is 7.25. The van der Waals surface area contributed by atoms with Crippen LogP contribution in [0.4, 0.5) is 0 Å². The third-order valence-electron chi connectivity index (χ3n) is 5.19. The third-order valence-corrected chi connectivity index (χ3v) is 5.19. The molecule has 1 amide bonds. The zero-order valence-electron chi connectivity index (χ0n) is 13.0. The molecule has 3 N–H and O–H groups in total. The molecule has 0 unspecified atom stereocenters. The molecule has 0 aromatic heterocycles. The molecular weight excluding hydrogens is 268 g/mol. The Kier molecular flexibility index (Phi) is 5.62. The lowest BCUT2D eigenvalue weighted by molar-refractivity contribution is -0.152. The molecule has 2 fully saturated rings. The van der Waals surface area contributed by atoms with Crippen molar-refractivity contribution in [3.05, 3.63) is 0 Å². The first-order valence-electron chi connectivity index (χ1n) is 8.23. The van der Waals surface area contributed by atoms with Crippen molar-refractivity contribution in [2.24, 2.45) is 17.6 Å². The Balaban J connectivity index is 2.10. The van der Waals surface area contributed by atoms with Crippen molar-refractivity contribution in [3.63, 3.8) is 0 Å². The number of hydrogen-bond acceptors (Lipinski definition) is 4. The van der Waals surface area contributed by atoms with Crippen LogP contribution in [0.25, 0.3) is 0 Å². The molecule has 0 saturated heterocycles. The van der Waals surface area contributed by atoms with Crippen LogP contribution >= 0.6 is 0 Å². The number of ether oxygens (including phenoxy) is 1. The predicted molar refractivity (Wildman–Crippen MR) is 80.5 cm³/mol. The first-order chi connectivity index (χ1) is 10.1. The van der Waals surface area contributed by atoms with Crippen LogP contribution in [0.1, 0.15) is 57.8 Å². The first kappa shape index (κ1) is 16.3. The minimum atomic E-state index is -0.815. The molecule has 0 bridgehead atoms. The molecular formula is C16H28N2O3. The second-order valence-electron chi connectivity index (χ2n) is 6.51. The number of methoxy groups -OCH3 is 1. The van der Waals surface area contributed by atoms with E-state index in [1.165, 1.54) is 7.11 Å². The Bertz CT molecular complexity index is 376. The van der Waals surface area contributed by atoms with Crippen LogP contribution in [-0.4, -0.2) is 31.1 Å². The lowest BCUT2D eigenvalue weighted by atomic mass is 9.87. The van der Waals surface area contributed by atoms with Crippen LogP contribution in [0.5, 0.6) is 0 Å². The number of carbonyl (C=O) groups excluding carboxylic acids is 2. The Hall–Kier alpha value is -1.10. The molecule has 0 aromatic rings. The zero-order chi connectivity index (χ0) is 15.3. The van der Waals surface area contributed by atoms with Crippen molar-refractivity contribution in [2.75, 3.05) is 13.7 Å². The average Bonchev–Trinajstić information content (AvgIpc) is 2.86. The number of nitrogens with one attached hydrogen (secondary N) is 1. The average molecular weight is 296 g/mol. The van der Waals surface area contributed by atoms with Gasteiger partial charge in [0, 0.05) is 5.92 Å². The minimum Gasteiger partial charge on any atom is -0.467 e. The van der Waals surface area contributed by atoms with E-state index in [1.807, 2.05) is 0 Å². The number of esters is 1. The highest BCUT2D eigenvalue weighted by atomic mass is 16.5. The van der Waals surface area contributed by atoms with E-state index in [1.54, 1.807) is 0 Å². The standard InChI is InChI=1S/C16H28N2O3/c1-21-15(20)16(9-4-2-3-5-10-16)18-14(19)13-8-6-7-12(13)11-17/h12-13H,2-11,17H2,1H3,(H,18,19)/t12-,13-/m1/s1. The van der Waals surface area contributed by atoms with Gasteiger partial charge in [0.15, 0.2) is 0 Å². The fraction of sp³-hybridized carbons (Fsp3) is 0.875. The van der Waals surface area contributed by atoms with Crippen LogP contribution in [0.15, 0.2) is 0 Å². The van der Waals surface area contributed by atoms with Crippen LogP contribution in [0.3, 0.4) is 0 Å². The zero-order valence-corrected chi connectivity index (χ0v) is 13.0. The molecule has 0 aliphatic heterocycles. The van der Waals surface area contributed by atoms with Gasteiger partial charge in [0.2, 0.25) is 5.91 Å². The molecule has 0 aromatic carbocycles. The SMILES string of the molecule is COC(=O)C1(NC(=O)[C@@H]2CCC[C@@H]2CN)CCCCCC1. The number of hydrogen-bond donors (Lipinski definition) is 2. The fourth-order valence-corrected chi connectivity index (χ4v) is 3.90. The smallest absolute Gasteiger partial charge is 0.331 e. The van der Waals surface area contributed by atoms with E-state index in [9.17, 15) is 9.59 Å². The summed E-state index contributed by atoms with van der Waals surface area (Å²) in [6, 6.07) is 0. The maximum absolute atomic E-state index is 12.6. The van der Waals surface area contributed by atoms with Gasteiger partial charge >= 0.3 is 5.97 Å². The predicted octanol–water partition coefficient (Wildman–Crippen LogP) is 1.74. The number of carbonyl (C=O) groups is 2. The van der Waals surface area contributed by atoms with E-state index in [2.05, 4.69) is 5.32 Å². The van der Waals surface area contributed by atoms with Gasteiger partial charge < -0.3 is 15.8 Å². The maximum atomic E-state index is 12.6. The Morgan fingerprint density at radius 2 is 1.81 bits per heavy atom. The van der Waals surface area contributed by atoms with Gasteiger partial charge in [-0.25, -0.2) is 4.79 Å². The van der Waals surface area contributed by atoms with Gasteiger partial charge in [-0.1, -0.05) is 32.1 Å². The third kappa shape index (κ3) is 3.57. The Morgan fingerprint density at radius 1 is 1.14 bits per heavy atom. The van der Waals surface area contributed by atoms with Gasteiger partial charge in [0.25, 0.3) is 0 Å². The highest BCUT2D eigenvalue weighted by Gasteiger charge is 2.43. The van der Waals surface area contributed by atoms with Crippen LogP contribution in [-0.2, 0) is 14.3 Å². The molecule has 2 atom stereocenters. The van der Waals surface area contributed by atoms with Gasteiger partial charge in [-0.05, 0) is 38.1 Å². The summed E-state index contributed by atoms with van der Waals surface area (Å²) in [5.74, 6) is -0.0828. The largest absolute Gasteiger partial charge is 0.467 e. The molecule has 2 aliphatic rings. The summed E-state index contributed by atoms with van der Waals surface area (Å²) < 4.78 is 4.99. The molecule has 2 rings (SSSR count). The molecule has 5 nitrogen and oxygen atoms in total. The summed E-state index contributed by atoms with van der Waals surface area (Å²) in [5.41, 5.74) is 4.95. The van der Waals surface area contributed by atoms with E-state index < -0.39 is 5.54 Å². The number of rotatable bonds is 4. The molecule has 2 aliphatic carbocycles. The van der Waals surface area contributed by atoms with Gasteiger partial charge in [0.1, 0.15) is 5.54 Å². The summed E-state index contributed by atoms with van der Waals surface area (Å²) in [5, 5.41) is 3.06. The summed E-state index contributed by atoms with van der Waals surface area (Å²) in [7, 11) is 1.40. The van der Waals surface area contributed by atoms with Gasteiger partial charge in [0.05, 0.1) is 7.11 Å². The van der Waals surface area contributed by atoms with Gasteiger partial charge in [-0.2, -0.15) is 0 Å². The highest BCUT2D eigenvalue weighted by Crippen LogP contribution is 2.33. The second-order valence-corrected chi connectivity index (χ2v) is 6.51. The summed E-state index contributed by atoms with van der Waals surface area (Å²) in [6.45, 7) is 0.545. The monoisotopic (exact) mass is 296 g/mol. The number of amides is 1. The summed E-state index contributed by atoms with van der Waals surface area (Å²) in [6.07, 6.45) is 8.46. The lowest BCUT2D eigenvalue weighted by Crippen LogP contribution is -2.56. The van der Waals surface area contributed by atoms with E-state index >= 15 is 0 Å². The van der Waals surface area contributed by atoms with Crippen molar-refractivity contribution in [3.8, 4) is 0 Å². The van der Waals surface area contributed by atoms with Gasteiger partial charge in [-0.3, -0.25) is 4.79 Å². The molecule has 120 valence electrons. The van der Waals surface area contributed by atoms with Crippen LogP contribution in [0.2, 0.25) is 0 Å². The van der Waals surface area contributed by atoms with Crippen LogP contribution in [0, 0.1) is 11.8 Å². The van der Waals surface area contributed by atoms with Gasteiger partial charge in [-0.15, -0.1) is 0 Å². The topological polar surface area (TPSA) is 81.4 Å². The highest BCUT2D eigenvalue weighted by molar-refractivity contribution is 5.89. The minimum absolute atomic E-state index is 0.00440. The first-order valence-corrected chi connectivity index (χ1v) is 8.23. The quantitative estimate of drug-likeness (QED) is 0.611. The van der Waals surface area contributed by atoms with Crippen molar-refractivity contribution < 1.29 is 14.3 Å². The summed E-state index contributed by atoms with van der Waals surface area (Å²) in [4.78, 5) is 24.9. The fourth-order valence-electron chi connectivity index (χ4n) is 3.90. The van der Waals surface area contributed by atoms with Crippen molar-refractivity contribution in [1.29, 1.82) is 0 Å². The molecule has 0 radical (unpaired) electrons. The molecule has 0 spiro atoms. The number of nitrogens with two attached hydrogens (primary N) is 1. The van der Waals surface area contributed by atoms with E-state index in [-0.39, 0.29) is 23.7 Å². The van der Waals surface area contributed by atoms with Crippen LogP contribution < -0.4 is 11.1 Å². The Morgan fingerprint density at radius 3 is 2.38 bits per heavy atom. The van der Waals surface area contributed by atoms with Crippen molar-refractivity contribution in [1.82, 2.24) is 5.32 Å². The summed E-state index contributed by atoms with van der Waals surface area (Å²) >= 11 is 0. The normalized spacial score (nSPS) is 28.7. The maximum Gasteiger partial charge on any atom is 0.331 e. The Labute approximate surface area is 127 Å². The van der Waals surface area contributed by atoms with Crippen molar-refractivity contribution >= 4 is 11.9 Å². The molecule has 0 heterocycles. The van der Waals surface area contributed by atoms with Crippen molar-refractivity contribution in [2.45, 2.75) is 63.3 Å². The molecule has 2 saturated carbocycles. The van der Waals surface area contributed by atoms with E-state index in [4.69, 9.17) is 10.5 Å². The molecule has 5 heteroatoms. The molecule has 21 heavy (non-hydrogen) atoms.